The summed E-state index contributed by atoms with van der Waals surface area (Å²) < 4.78 is 11.2. The van der Waals surface area contributed by atoms with E-state index in [1.54, 1.807) is 18.2 Å². The first kappa shape index (κ1) is 20.1. The number of carbonyl (C=O) groups is 2. The average Bonchev–Trinajstić information content (AvgIpc) is 2.67. The molecule has 0 radical (unpaired) electrons. The van der Waals surface area contributed by atoms with Gasteiger partial charge in [0.05, 0.1) is 13.2 Å². The first-order chi connectivity index (χ1) is 12.6. The highest BCUT2D eigenvalue weighted by atomic mass is 16.5. The van der Waals surface area contributed by atoms with E-state index in [0.29, 0.717) is 62.8 Å². The zero-order valence-corrected chi connectivity index (χ0v) is 16.0. The third-order valence-electron chi connectivity index (χ3n) is 4.49. The van der Waals surface area contributed by atoms with Gasteiger partial charge in [0, 0.05) is 31.1 Å². The van der Waals surface area contributed by atoms with E-state index < -0.39 is 0 Å². The van der Waals surface area contributed by atoms with Gasteiger partial charge in [0.15, 0.2) is 11.5 Å². The molecule has 1 aromatic rings. The van der Waals surface area contributed by atoms with Gasteiger partial charge in [-0.1, -0.05) is 6.92 Å². The molecule has 0 bridgehead atoms. The maximum absolute atomic E-state index is 12.8. The van der Waals surface area contributed by atoms with Crippen LogP contribution in [0.4, 0.5) is 0 Å². The molecule has 0 aromatic heterocycles. The van der Waals surface area contributed by atoms with E-state index in [1.165, 1.54) is 0 Å². The summed E-state index contributed by atoms with van der Waals surface area (Å²) in [6.07, 6.45) is 2.34. The topological polar surface area (TPSA) is 67.9 Å². The van der Waals surface area contributed by atoms with Gasteiger partial charge in [0.25, 0.3) is 5.91 Å². The largest absolute Gasteiger partial charge is 0.490 e. The fraction of sp³-hybridized carbons (Fsp3) is 0.600. The standard InChI is InChI=1S/C20H30N2O4/c1-4-11-21-19(23)15-9-12-22(13-10-15)20(24)16-7-8-17(25-5-2)18(14-16)26-6-3/h7-8,14-15H,4-6,9-13H2,1-3H3,(H,21,23). The molecule has 6 nitrogen and oxygen atoms in total. The molecule has 1 aliphatic rings. The first-order valence-electron chi connectivity index (χ1n) is 9.57. The molecular formula is C20H30N2O4. The first-order valence-corrected chi connectivity index (χ1v) is 9.57. The van der Waals surface area contributed by atoms with E-state index in [4.69, 9.17) is 9.47 Å². The van der Waals surface area contributed by atoms with Gasteiger partial charge in [-0.2, -0.15) is 0 Å². The SMILES string of the molecule is CCCNC(=O)C1CCN(C(=O)c2ccc(OCC)c(OCC)c2)CC1. The molecule has 0 aliphatic carbocycles. The highest BCUT2D eigenvalue weighted by Gasteiger charge is 2.28. The molecule has 6 heteroatoms. The molecule has 0 spiro atoms. The molecule has 0 atom stereocenters. The quantitative estimate of drug-likeness (QED) is 0.772. The van der Waals surface area contributed by atoms with Crippen molar-refractivity contribution < 1.29 is 19.1 Å². The van der Waals surface area contributed by atoms with Crippen LogP contribution in [-0.4, -0.2) is 49.6 Å². The molecule has 1 fully saturated rings. The van der Waals surface area contributed by atoms with Crippen LogP contribution in [0.25, 0.3) is 0 Å². The summed E-state index contributed by atoms with van der Waals surface area (Å²) in [5.74, 6) is 1.33. The molecule has 1 heterocycles. The van der Waals surface area contributed by atoms with Gasteiger partial charge in [-0.3, -0.25) is 9.59 Å². The Labute approximate surface area is 155 Å². The Morgan fingerprint density at radius 3 is 2.35 bits per heavy atom. The van der Waals surface area contributed by atoms with Gasteiger partial charge in [0.2, 0.25) is 5.91 Å². The molecule has 1 aromatic carbocycles. The summed E-state index contributed by atoms with van der Waals surface area (Å²) in [6, 6.07) is 5.30. The van der Waals surface area contributed by atoms with Crippen LogP contribution in [-0.2, 0) is 4.79 Å². The molecule has 2 rings (SSSR count). The van der Waals surface area contributed by atoms with Crippen molar-refractivity contribution in [2.45, 2.75) is 40.0 Å². The minimum atomic E-state index is -0.0265. The smallest absolute Gasteiger partial charge is 0.253 e. The van der Waals surface area contributed by atoms with Crippen molar-refractivity contribution in [2.24, 2.45) is 5.92 Å². The summed E-state index contributed by atoms with van der Waals surface area (Å²) in [5, 5.41) is 2.94. The number of likely N-dealkylation sites (tertiary alicyclic amines) is 1. The lowest BCUT2D eigenvalue weighted by molar-refractivity contribution is -0.126. The molecule has 1 N–H and O–H groups in total. The summed E-state index contributed by atoms with van der Waals surface area (Å²) in [4.78, 5) is 26.7. The van der Waals surface area contributed by atoms with Crippen LogP contribution < -0.4 is 14.8 Å². The lowest BCUT2D eigenvalue weighted by atomic mass is 9.95. The van der Waals surface area contributed by atoms with E-state index >= 15 is 0 Å². The van der Waals surface area contributed by atoms with Crippen molar-refractivity contribution in [2.75, 3.05) is 32.8 Å². The number of benzene rings is 1. The maximum atomic E-state index is 12.8. The van der Waals surface area contributed by atoms with Crippen molar-refractivity contribution in [3.63, 3.8) is 0 Å². The Balaban J connectivity index is 1.99. The van der Waals surface area contributed by atoms with Gasteiger partial charge < -0.3 is 19.7 Å². The van der Waals surface area contributed by atoms with Crippen molar-refractivity contribution in [1.82, 2.24) is 10.2 Å². The van der Waals surface area contributed by atoms with Crippen molar-refractivity contribution in [3.05, 3.63) is 23.8 Å². The third kappa shape index (κ3) is 5.13. The van der Waals surface area contributed by atoms with Gasteiger partial charge in [0.1, 0.15) is 0 Å². The number of piperidine rings is 1. The Morgan fingerprint density at radius 2 is 1.73 bits per heavy atom. The summed E-state index contributed by atoms with van der Waals surface area (Å²) >= 11 is 0. The highest BCUT2D eigenvalue weighted by molar-refractivity contribution is 5.95. The summed E-state index contributed by atoms with van der Waals surface area (Å²) in [7, 11) is 0. The maximum Gasteiger partial charge on any atom is 0.253 e. The zero-order valence-electron chi connectivity index (χ0n) is 16.0. The number of ether oxygens (including phenoxy) is 2. The lowest BCUT2D eigenvalue weighted by Crippen LogP contribution is -2.43. The van der Waals surface area contributed by atoms with Crippen molar-refractivity contribution >= 4 is 11.8 Å². The Bertz CT molecular complexity index is 610. The average molecular weight is 362 g/mol. The monoisotopic (exact) mass is 362 g/mol. The number of amides is 2. The van der Waals surface area contributed by atoms with E-state index in [0.717, 1.165) is 6.42 Å². The number of nitrogens with zero attached hydrogens (tertiary/aromatic N) is 1. The fourth-order valence-corrected chi connectivity index (χ4v) is 3.10. The number of hydrogen-bond acceptors (Lipinski definition) is 4. The minimum Gasteiger partial charge on any atom is -0.490 e. The minimum absolute atomic E-state index is 0.00455. The van der Waals surface area contributed by atoms with Crippen LogP contribution in [0, 0.1) is 5.92 Å². The number of hydrogen-bond donors (Lipinski definition) is 1. The summed E-state index contributed by atoms with van der Waals surface area (Å²) in [5.41, 5.74) is 0.589. The third-order valence-corrected chi connectivity index (χ3v) is 4.49. The Hall–Kier alpha value is -2.24. The van der Waals surface area contributed by atoms with Crippen LogP contribution in [0.3, 0.4) is 0 Å². The Morgan fingerprint density at radius 1 is 1.08 bits per heavy atom. The second-order valence-electron chi connectivity index (χ2n) is 6.39. The number of rotatable bonds is 8. The van der Waals surface area contributed by atoms with E-state index in [2.05, 4.69) is 5.32 Å². The second kappa shape index (κ2) is 10.0. The molecule has 1 aliphatic heterocycles. The number of carbonyl (C=O) groups excluding carboxylic acids is 2. The van der Waals surface area contributed by atoms with Crippen LogP contribution in [0.5, 0.6) is 11.5 Å². The van der Waals surface area contributed by atoms with E-state index in [1.807, 2.05) is 25.7 Å². The van der Waals surface area contributed by atoms with Crippen LogP contribution in [0.1, 0.15) is 50.4 Å². The van der Waals surface area contributed by atoms with Gasteiger partial charge >= 0.3 is 0 Å². The normalized spacial score (nSPS) is 14.8. The molecule has 26 heavy (non-hydrogen) atoms. The molecular weight excluding hydrogens is 332 g/mol. The van der Waals surface area contributed by atoms with E-state index in [9.17, 15) is 9.59 Å². The lowest BCUT2D eigenvalue weighted by Gasteiger charge is -2.31. The fourth-order valence-electron chi connectivity index (χ4n) is 3.10. The van der Waals surface area contributed by atoms with E-state index in [-0.39, 0.29) is 17.7 Å². The molecule has 1 saturated heterocycles. The zero-order chi connectivity index (χ0) is 18.9. The summed E-state index contributed by atoms with van der Waals surface area (Å²) in [6.45, 7) is 8.81. The predicted molar refractivity (Wildman–Crippen MR) is 101 cm³/mol. The molecule has 0 saturated carbocycles. The van der Waals surface area contributed by atoms with Crippen LogP contribution >= 0.6 is 0 Å². The molecule has 2 amide bonds. The number of nitrogens with one attached hydrogen (secondary N) is 1. The van der Waals surface area contributed by atoms with Gasteiger partial charge in [-0.15, -0.1) is 0 Å². The second-order valence-corrected chi connectivity index (χ2v) is 6.39. The van der Waals surface area contributed by atoms with Crippen LogP contribution in [0.15, 0.2) is 18.2 Å². The van der Waals surface area contributed by atoms with Crippen molar-refractivity contribution in [3.8, 4) is 11.5 Å². The highest BCUT2D eigenvalue weighted by Crippen LogP contribution is 2.29. The van der Waals surface area contributed by atoms with Gasteiger partial charge in [-0.25, -0.2) is 0 Å². The molecule has 144 valence electrons. The van der Waals surface area contributed by atoms with Crippen molar-refractivity contribution in [1.29, 1.82) is 0 Å². The van der Waals surface area contributed by atoms with Gasteiger partial charge in [-0.05, 0) is 51.3 Å². The Kier molecular flexibility index (Phi) is 7.75. The molecule has 0 unspecified atom stereocenters. The van der Waals surface area contributed by atoms with Crippen LogP contribution in [0.2, 0.25) is 0 Å². The predicted octanol–water partition coefficient (Wildman–Crippen LogP) is 2.86.